The van der Waals surface area contributed by atoms with Crippen molar-refractivity contribution in [3.63, 3.8) is 0 Å². The Labute approximate surface area is 119 Å². The fourth-order valence-electron chi connectivity index (χ4n) is 1.44. The van der Waals surface area contributed by atoms with E-state index in [1.54, 1.807) is 20.8 Å². The standard InChI is InChI=1S/C15H22N2O3/c1-11-5-7-12(8-6-11)9-16-13(18)10-17-14(19)20-15(2,3)4/h5-8H,9-10H2,1-4H3,(H,16,18)(H,17,19). The van der Waals surface area contributed by atoms with Gasteiger partial charge in [0.15, 0.2) is 0 Å². The van der Waals surface area contributed by atoms with Crippen LogP contribution in [0.15, 0.2) is 24.3 Å². The Morgan fingerprint density at radius 1 is 1.10 bits per heavy atom. The van der Waals surface area contributed by atoms with E-state index in [0.29, 0.717) is 6.54 Å². The largest absolute Gasteiger partial charge is 0.444 e. The lowest BCUT2D eigenvalue weighted by Crippen LogP contribution is -2.39. The van der Waals surface area contributed by atoms with Gasteiger partial charge in [0.25, 0.3) is 0 Å². The third-order valence-electron chi connectivity index (χ3n) is 2.40. The number of rotatable bonds is 4. The van der Waals surface area contributed by atoms with E-state index < -0.39 is 11.7 Å². The van der Waals surface area contributed by atoms with Gasteiger partial charge in [-0.3, -0.25) is 4.79 Å². The van der Waals surface area contributed by atoms with Crippen molar-refractivity contribution in [2.24, 2.45) is 0 Å². The summed E-state index contributed by atoms with van der Waals surface area (Å²) >= 11 is 0. The average molecular weight is 278 g/mol. The minimum absolute atomic E-state index is 0.0965. The van der Waals surface area contributed by atoms with Crippen LogP contribution in [0.3, 0.4) is 0 Å². The summed E-state index contributed by atoms with van der Waals surface area (Å²) in [5.41, 5.74) is 1.62. The first-order valence-corrected chi connectivity index (χ1v) is 6.55. The Hall–Kier alpha value is -2.04. The first-order valence-electron chi connectivity index (χ1n) is 6.55. The van der Waals surface area contributed by atoms with Crippen LogP contribution in [-0.4, -0.2) is 24.1 Å². The monoisotopic (exact) mass is 278 g/mol. The molecule has 0 aliphatic rings. The smallest absolute Gasteiger partial charge is 0.408 e. The lowest BCUT2D eigenvalue weighted by atomic mass is 10.1. The van der Waals surface area contributed by atoms with Crippen LogP contribution in [0.1, 0.15) is 31.9 Å². The molecule has 0 saturated heterocycles. The highest BCUT2D eigenvalue weighted by atomic mass is 16.6. The van der Waals surface area contributed by atoms with Crippen molar-refractivity contribution in [3.05, 3.63) is 35.4 Å². The molecule has 0 radical (unpaired) electrons. The molecule has 2 amide bonds. The van der Waals surface area contributed by atoms with Gasteiger partial charge < -0.3 is 15.4 Å². The molecule has 1 aromatic rings. The Morgan fingerprint density at radius 3 is 2.25 bits per heavy atom. The molecule has 0 aliphatic carbocycles. The number of carbonyl (C=O) groups is 2. The minimum Gasteiger partial charge on any atom is -0.444 e. The van der Waals surface area contributed by atoms with Crippen molar-refractivity contribution in [3.8, 4) is 0 Å². The van der Waals surface area contributed by atoms with Crippen LogP contribution in [0.5, 0.6) is 0 Å². The summed E-state index contributed by atoms with van der Waals surface area (Å²) in [6, 6.07) is 7.88. The van der Waals surface area contributed by atoms with Gasteiger partial charge >= 0.3 is 6.09 Å². The van der Waals surface area contributed by atoms with Gasteiger partial charge in [-0.1, -0.05) is 29.8 Å². The molecule has 0 aliphatic heterocycles. The summed E-state index contributed by atoms with van der Waals surface area (Å²) < 4.78 is 5.03. The molecule has 5 nitrogen and oxygen atoms in total. The third kappa shape index (κ3) is 6.78. The zero-order valence-corrected chi connectivity index (χ0v) is 12.4. The fraction of sp³-hybridized carbons (Fsp3) is 0.467. The molecule has 5 heteroatoms. The number of hydrogen-bond donors (Lipinski definition) is 2. The number of carbonyl (C=O) groups excluding carboxylic acids is 2. The second-order valence-electron chi connectivity index (χ2n) is 5.62. The van der Waals surface area contributed by atoms with Crippen LogP contribution >= 0.6 is 0 Å². The zero-order chi connectivity index (χ0) is 15.2. The molecule has 0 spiro atoms. The average Bonchev–Trinajstić information content (AvgIpc) is 2.33. The van der Waals surface area contributed by atoms with Crippen molar-refractivity contribution >= 4 is 12.0 Å². The van der Waals surface area contributed by atoms with Gasteiger partial charge in [-0.15, -0.1) is 0 Å². The molecule has 20 heavy (non-hydrogen) atoms. The number of aryl methyl sites for hydroxylation is 1. The predicted molar refractivity (Wildman–Crippen MR) is 77.3 cm³/mol. The molecule has 0 unspecified atom stereocenters. The molecule has 0 saturated carbocycles. The van der Waals surface area contributed by atoms with Crippen LogP contribution < -0.4 is 10.6 Å². The summed E-state index contributed by atoms with van der Waals surface area (Å²) in [5.74, 6) is -0.253. The second-order valence-corrected chi connectivity index (χ2v) is 5.62. The second kappa shape index (κ2) is 6.93. The van der Waals surface area contributed by atoms with Crippen molar-refractivity contribution in [2.75, 3.05) is 6.54 Å². The molecule has 0 aromatic heterocycles. The molecule has 0 fully saturated rings. The van der Waals surface area contributed by atoms with Crippen LogP contribution in [-0.2, 0) is 16.1 Å². The minimum atomic E-state index is -0.594. The topological polar surface area (TPSA) is 67.4 Å². The fourth-order valence-corrected chi connectivity index (χ4v) is 1.44. The maximum absolute atomic E-state index is 11.6. The summed E-state index contributed by atoms with van der Waals surface area (Å²) in [7, 11) is 0. The number of benzene rings is 1. The van der Waals surface area contributed by atoms with Crippen LogP contribution in [0.25, 0.3) is 0 Å². The summed E-state index contributed by atoms with van der Waals surface area (Å²) in [5, 5.41) is 5.14. The third-order valence-corrected chi connectivity index (χ3v) is 2.40. The van der Waals surface area contributed by atoms with E-state index in [2.05, 4.69) is 10.6 Å². The maximum Gasteiger partial charge on any atom is 0.408 e. The van der Waals surface area contributed by atoms with Gasteiger partial charge in [0.05, 0.1) is 0 Å². The highest BCUT2D eigenvalue weighted by Crippen LogP contribution is 2.06. The predicted octanol–water partition coefficient (Wildman–Crippen LogP) is 2.14. The number of alkyl carbamates (subject to hydrolysis) is 1. The Morgan fingerprint density at radius 2 is 1.70 bits per heavy atom. The molecule has 1 aromatic carbocycles. The molecule has 0 bridgehead atoms. The first kappa shape index (κ1) is 16.0. The van der Waals surface area contributed by atoms with Crippen molar-refractivity contribution < 1.29 is 14.3 Å². The lowest BCUT2D eigenvalue weighted by Gasteiger charge is -2.19. The number of amides is 2. The van der Waals surface area contributed by atoms with E-state index in [4.69, 9.17) is 4.74 Å². The summed E-state index contributed by atoms with van der Waals surface area (Å²) in [4.78, 5) is 22.9. The number of nitrogens with one attached hydrogen (secondary N) is 2. The highest BCUT2D eigenvalue weighted by molar-refractivity contribution is 5.82. The molecular weight excluding hydrogens is 256 g/mol. The van der Waals surface area contributed by atoms with Gasteiger partial charge in [-0.05, 0) is 33.3 Å². The van der Waals surface area contributed by atoms with Crippen LogP contribution in [0.2, 0.25) is 0 Å². The van der Waals surface area contributed by atoms with Gasteiger partial charge in [0, 0.05) is 6.54 Å². The van der Waals surface area contributed by atoms with Gasteiger partial charge in [-0.25, -0.2) is 4.79 Å². The highest BCUT2D eigenvalue weighted by Gasteiger charge is 2.16. The molecular formula is C15H22N2O3. The molecule has 0 atom stereocenters. The van der Waals surface area contributed by atoms with E-state index in [1.807, 2.05) is 31.2 Å². The normalized spacial score (nSPS) is 10.8. The van der Waals surface area contributed by atoms with Crippen LogP contribution in [0.4, 0.5) is 4.79 Å². The maximum atomic E-state index is 11.6. The molecule has 0 heterocycles. The molecule has 1 rings (SSSR count). The van der Waals surface area contributed by atoms with E-state index in [-0.39, 0.29) is 12.5 Å². The molecule has 110 valence electrons. The van der Waals surface area contributed by atoms with Gasteiger partial charge in [-0.2, -0.15) is 0 Å². The van der Waals surface area contributed by atoms with Gasteiger partial charge in [0.1, 0.15) is 12.1 Å². The summed E-state index contributed by atoms with van der Waals surface area (Å²) in [6.45, 7) is 7.65. The molecule has 2 N–H and O–H groups in total. The zero-order valence-electron chi connectivity index (χ0n) is 12.4. The lowest BCUT2D eigenvalue weighted by molar-refractivity contribution is -0.120. The number of hydrogen-bond acceptors (Lipinski definition) is 3. The SMILES string of the molecule is Cc1ccc(CNC(=O)CNC(=O)OC(C)(C)C)cc1. The van der Waals surface area contributed by atoms with Gasteiger partial charge in [0.2, 0.25) is 5.91 Å². The first-order chi connectivity index (χ1) is 9.26. The Kier molecular flexibility index (Phi) is 5.55. The number of ether oxygens (including phenoxy) is 1. The Balaban J connectivity index is 2.27. The quantitative estimate of drug-likeness (QED) is 0.886. The van der Waals surface area contributed by atoms with Crippen molar-refractivity contribution in [1.29, 1.82) is 0 Å². The van der Waals surface area contributed by atoms with Crippen molar-refractivity contribution in [1.82, 2.24) is 10.6 Å². The van der Waals surface area contributed by atoms with E-state index in [0.717, 1.165) is 5.56 Å². The Bertz CT molecular complexity index is 461. The summed E-state index contributed by atoms with van der Waals surface area (Å²) in [6.07, 6.45) is -0.594. The van der Waals surface area contributed by atoms with Crippen molar-refractivity contribution in [2.45, 2.75) is 39.8 Å². The van der Waals surface area contributed by atoms with E-state index in [9.17, 15) is 9.59 Å². The van der Waals surface area contributed by atoms with E-state index in [1.165, 1.54) is 5.56 Å². The van der Waals surface area contributed by atoms with Crippen LogP contribution in [0, 0.1) is 6.92 Å². The van der Waals surface area contributed by atoms with E-state index >= 15 is 0 Å².